The van der Waals surface area contributed by atoms with E-state index in [0.717, 1.165) is 35.3 Å². The average molecular weight is 555 g/mol. The van der Waals surface area contributed by atoms with Crippen LogP contribution in [0.1, 0.15) is 63.9 Å². The molecule has 4 rings (SSSR count). The maximum atomic E-state index is 13.1. The fraction of sp³-hybridized carbons (Fsp3) is 0.345. The number of carbonyl (C=O) groups is 3. The molecular formula is C29H31ClN2O5S. The number of amides is 2. The number of hydrogen-bond acceptors (Lipinski definition) is 6. The van der Waals surface area contributed by atoms with Crippen molar-refractivity contribution in [3.05, 3.63) is 74.6 Å². The Kier molecular flexibility index (Phi) is 8.74. The molecule has 2 amide bonds. The first-order valence-corrected chi connectivity index (χ1v) is 13.8. The summed E-state index contributed by atoms with van der Waals surface area (Å²) in [5.74, 6) is -0.0828. The highest BCUT2D eigenvalue weighted by Crippen LogP contribution is 2.40. The minimum absolute atomic E-state index is 0.268. The van der Waals surface area contributed by atoms with Crippen LogP contribution in [0.2, 0.25) is 5.02 Å². The number of esters is 1. The molecule has 200 valence electrons. The van der Waals surface area contributed by atoms with Crippen LogP contribution in [-0.2, 0) is 22.4 Å². The predicted octanol–water partition coefficient (Wildman–Crippen LogP) is 6.67. The molecule has 1 aromatic heterocycles. The van der Waals surface area contributed by atoms with Crippen LogP contribution in [0.3, 0.4) is 0 Å². The van der Waals surface area contributed by atoms with E-state index in [4.69, 9.17) is 21.1 Å². The SMILES string of the molecule is CCOC(=O)c1c(NC(=O)c2ccc(O[C@@H](C)C(=O)Nc3cccc(Cl)c3C)cc2)sc2c1CC[C@@H](C)C2. The highest BCUT2D eigenvalue weighted by molar-refractivity contribution is 7.17. The average Bonchev–Trinajstić information content (AvgIpc) is 3.24. The molecule has 0 saturated carbocycles. The smallest absolute Gasteiger partial charge is 0.341 e. The van der Waals surface area contributed by atoms with E-state index in [0.29, 0.717) is 38.5 Å². The third kappa shape index (κ3) is 6.19. The molecule has 0 spiro atoms. The predicted molar refractivity (Wildman–Crippen MR) is 151 cm³/mol. The van der Waals surface area contributed by atoms with Crippen LogP contribution < -0.4 is 15.4 Å². The second-order valence-electron chi connectivity index (χ2n) is 9.42. The lowest BCUT2D eigenvalue weighted by Gasteiger charge is -2.18. The maximum absolute atomic E-state index is 13.1. The van der Waals surface area contributed by atoms with E-state index < -0.39 is 12.1 Å². The summed E-state index contributed by atoms with van der Waals surface area (Å²) in [5, 5.41) is 6.83. The lowest BCUT2D eigenvalue weighted by molar-refractivity contribution is -0.122. The summed E-state index contributed by atoms with van der Waals surface area (Å²) in [5.41, 5.74) is 3.26. The highest BCUT2D eigenvalue weighted by Gasteiger charge is 2.29. The molecule has 2 aromatic carbocycles. The first-order chi connectivity index (χ1) is 18.2. The molecule has 1 heterocycles. The molecule has 3 aromatic rings. The number of anilines is 2. The first-order valence-electron chi connectivity index (χ1n) is 12.6. The standard InChI is InChI=1S/C29H31ClN2O5S/c1-5-36-29(35)25-21-14-9-16(2)15-24(21)38-28(25)32-27(34)19-10-12-20(13-11-19)37-18(4)26(33)31-23-8-6-7-22(30)17(23)3/h6-8,10-13,16,18H,5,9,14-15H2,1-4H3,(H,31,33)(H,32,34)/t16-,18+/m1/s1. The third-order valence-corrected chi connectivity index (χ3v) is 8.12. The van der Waals surface area contributed by atoms with Crippen molar-refractivity contribution >= 4 is 51.4 Å². The molecule has 0 bridgehead atoms. The van der Waals surface area contributed by atoms with Gasteiger partial charge in [0, 0.05) is 21.2 Å². The van der Waals surface area contributed by atoms with E-state index in [2.05, 4.69) is 17.6 Å². The number of halogens is 1. The molecule has 2 atom stereocenters. The van der Waals surface area contributed by atoms with Gasteiger partial charge < -0.3 is 20.1 Å². The van der Waals surface area contributed by atoms with Crippen LogP contribution in [0, 0.1) is 12.8 Å². The maximum Gasteiger partial charge on any atom is 0.341 e. The summed E-state index contributed by atoms with van der Waals surface area (Å²) < 4.78 is 11.1. The molecule has 0 radical (unpaired) electrons. The number of carbonyl (C=O) groups excluding carboxylic acids is 3. The van der Waals surface area contributed by atoms with Crippen molar-refractivity contribution < 1.29 is 23.9 Å². The number of nitrogens with one attached hydrogen (secondary N) is 2. The van der Waals surface area contributed by atoms with Crippen LogP contribution in [0.5, 0.6) is 5.75 Å². The number of fused-ring (bicyclic) bond motifs is 1. The molecule has 1 aliphatic carbocycles. The van der Waals surface area contributed by atoms with Crippen molar-refractivity contribution in [1.82, 2.24) is 0 Å². The third-order valence-electron chi connectivity index (χ3n) is 6.54. The van der Waals surface area contributed by atoms with E-state index in [9.17, 15) is 14.4 Å². The molecule has 9 heteroatoms. The largest absolute Gasteiger partial charge is 0.481 e. The molecule has 0 saturated heterocycles. The minimum Gasteiger partial charge on any atom is -0.481 e. The van der Waals surface area contributed by atoms with Gasteiger partial charge in [-0.15, -0.1) is 11.3 Å². The van der Waals surface area contributed by atoms with Crippen molar-refractivity contribution in [3.63, 3.8) is 0 Å². The zero-order chi connectivity index (χ0) is 27.4. The topological polar surface area (TPSA) is 93.7 Å². The van der Waals surface area contributed by atoms with Gasteiger partial charge in [-0.05, 0) is 93.5 Å². The van der Waals surface area contributed by atoms with Crippen LogP contribution in [0.15, 0.2) is 42.5 Å². The van der Waals surface area contributed by atoms with E-state index in [1.54, 1.807) is 56.3 Å². The number of benzene rings is 2. The van der Waals surface area contributed by atoms with Gasteiger partial charge in [-0.3, -0.25) is 9.59 Å². The van der Waals surface area contributed by atoms with Crippen molar-refractivity contribution in [3.8, 4) is 5.75 Å². The number of rotatable bonds is 8. The van der Waals surface area contributed by atoms with Crippen LogP contribution >= 0.6 is 22.9 Å². The van der Waals surface area contributed by atoms with E-state index in [1.165, 1.54) is 11.3 Å². The molecule has 1 aliphatic rings. The van der Waals surface area contributed by atoms with Gasteiger partial charge in [0.25, 0.3) is 11.8 Å². The summed E-state index contributed by atoms with van der Waals surface area (Å²) >= 11 is 7.58. The van der Waals surface area contributed by atoms with E-state index in [-0.39, 0.29) is 18.4 Å². The second kappa shape index (κ2) is 12.0. The Bertz CT molecular complexity index is 1350. The fourth-order valence-electron chi connectivity index (χ4n) is 4.35. The summed E-state index contributed by atoms with van der Waals surface area (Å²) in [6, 6.07) is 11.8. The van der Waals surface area contributed by atoms with Gasteiger partial charge in [-0.25, -0.2) is 4.79 Å². The Balaban J connectivity index is 1.43. The second-order valence-corrected chi connectivity index (χ2v) is 10.9. The van der Waals surface area contributed by atoms with Crippen LogP contribution in [0.4, 0.5) is 10.7 Å². The van der Waals surface area contributed by atoms with E-state index in [1.807, 2.05) is 6.92 Å². The lowest BCUT2D eigenvalue weighted by Crippen LogP contribution is -2.30. The van der Waals surface area contributed by atoms with Crippen molar-refractivity contribution in [2.45, 2.75) is 53.1 Å². The van der Waals surface area contributed by atoms with Gasteiger partial charge >= 0.3 is 5.97 Å². The van der Waals surface area contributed by atoms with Gasteiger partial charge in [0.1, 0.15) is 10.8 Å². The molecule has 38 heavy (non-hydrogen) atoms. The summed E-state index contributed by atoms with van der Waals surface area (Å²) in [6.07, 6.45) is 1.91. The van der Waals surface area contributed by atoms with Crippen molar-refractivity contribution in [2.75, 3.05) is 17.2 Å². The summed E-state index contributed by atoms with van der Waals surface area (Å²) in [7, 11) is 0. The molecule has 0 aliphatic heterocycles. The molecule has 7 nitrogen and oxygen atoms in total. The Morgan fingerprint density at radius 2 is 1.87 bits per heavy atom. The first kappa shape index (κ1) is 27.7. The molecular weight excluding hydrogens is 524 g/mol. The monoisotopic (exact) mass is 554 g/mol. The zero-order valence-electron chi connectivity index (χ0n) is 21.9. The molecule has 0 unspecified atom stereocenters. The normalized spacial score (nSPS) is 15.2. The summed E-state index contributed by atoms with van der Waals surface area (Å²) in [6.45, 7) is 7.70. The van der Waals surface area contributed by atoms with Crippen LogP contribution in [-0.4, -0.2) is 30.5 Å². The zero-order valence-corrected chi connectivity index (χ0v) is 23.4. The lowest BCUT2D eigenvalue weighted by atomic mass is 9.88. The Morgan fingerprint density at radius 3 is 2.58 bits per heavy atom. The Morgan fingerprint density at radius 1 is 1.13 bits per heavy atom. The number of thiophene rings is 1. The summed E-state index contributed by atoms with van der Waals surface area (Å²) in [4.78, 5) is 39.5. The van der Waals surface area contributed by atoms with Gasteiger partial charge in [-0.2, -0.15) is 0 Å². The van der Waals surface area contributed by atoms with Gasteiger partial charge in [-0.1, -0.05) is 24.6 Å². The van der Waals surface area contributed by atoms with Gasteiger partial charge in [0.05, 0.1) is 12.2 Å². The fourth-order valence-corrected chi connectivity index (χ4v) is 5.92. The molecule has 0 fully saturated rings. The van der Waals surface area contributed by atoms with Crippen LogP contribution in [0.25, 0.3) is 0 Å². The van der Waals surface area contributed by atoms with Gasteiger partial charge in [0.2, 0.25) is 0 Å². The van der Waals surface area contributed by atoms with Crippen molar-refractivity contribution in [1.29, 1.82) is 0 Å². The van der Waals surface area contributed by atoms with Crippen molar-refractivity contribution in [2.24, 2.45) is 5.92 Å². The minimum atomic E-state index is -0.778. The number of hydrogen-bond donors (Lipinski definition) is 2. The quantitative estimate of drug-likeness (QED) is 0.303. The van der Waals surface area contributed by atoms with Gasteiger partial charge in [0.15, 0.2) is 6.10 Å². The number of ether oxygens (including phenoxy) is 2. The molecule has 2 N–H and O–H groups in total. The Labute approximate surface area is 231 Å². The van der Waals surface area contributed by atoms with E-state index >= 15 is 0 Å². The highest BCUT2D eigenvalue weighted by atomic mass is 35.5. The Hall–Kier alpha value is -3.36.